The van der Waals surface area contributed by atoms with E-state index >= 15 is 0 Å². The number of carbonyl (C=O) groups is 2. The predicted octanol–water partition coefficient (Wildman–Crippen LogP) is 2.94. The summed E-state index contributed by atoms with van der Waals surface area (Å²) in [5.41, 5.74) is 0.976. The van der Waals surface area contributed by atoms with Crippen LogP contribution in [0.3, 0.4) is 0 Å². The molecule has 0 aliphatic heterocycles. The predicted molar refractivity (Wildman–Crippen MR) is 88.2 cm³/mol. The second kappa shape index (κ2) is 6.99. The summed E-state index contributed by atoms with van der Waals surface area (Å²) in [6.45, 7) is 7.06. The van der Waals surface area contributed by atoms with Crippen molar-refractivity contribution in [1.82, 2.24) is 4.98 Å². The number of Topliss-reactive ketones (excluding diaryl/α,β-unsaturated/α-hetero) is 1. The Morgan fingerprint density at radius 3 is 2.75 bits per heavy atom. The maximum atomic E-state index is 12.6. The van der Waals surface area contributed by atoms with Crippen LogP contribution < -0.4 is 10.1 Å². The summed E-state index contributed by atoms with van der Waals surface area (Å²) in [7, 11) is 1.41. The Morgan fingerprint density at radius 2 is 2.12 bits per heavy atom. The summed E-state index contributed by atoms with van der Waals surface area (Å²) >= 11 is 0. The van der Waals surface area contributed by atoms with Gasteiger partial charge in [0, 0.05) is 12.0 Å². The molecule has 2 rings (SSSR count). The van der Waals surface area contributed by atoms with Crippen LogP contribution in [0, 0.1) is 6.92 Å². The zero-order chi connectivity index (χ0) is 17.9. The van der Waals surface area contributed by atoms with Crippen LogP contribution in [0.2, 0.25) is 0 Å². The van der Waals surface area contributed by atoms with Gasteiger partial charge in [0.2, 0.25) is 11.7 Å². The van der Waals surface area contributed by atoms with Crippen molar-refractivity contribution in [3.63, 3.8) is 0 Å². The summed E-state index contributed by atoms with van der Waals surface area (Å²) in [5.74, 6) is -0.547. The van der Waals surface area contributed by atoms with Gasteiger partial charge in [0.15, 0.2) is 17.3 Å². The van der Waals surface area contributed by atoms with E-state index in [4.69, 9.17) is 9.15 Å². The van der Waals surface area contributed by atoms with E-state index in [2.05, 4.69) is 16.9 Å². The molecule has 0 spiro atoms. The minimum Gasteiger partial charge on any atom is -0.504 e. The maximum Gasteiger partial charge on any atom is 0.302 e. The number of aryl methyl sites for hydroxylation is 1. The van der Waals surface area contributed by atoms with E-state index in [9.17, 15) is 14.7 Å². The molecule has 0 radical (unpaired) electrons. The molecule has 0 aliphatic rings. The summed E-state index contributed by atoms with van der Waals surface area (Å²) < 4.78 is 10.4. The van der Waals surface area contributed by atoms with Crippen LogP contribution in [0.15, 0.2) is 29.2 Å². The molecule has 0 saturated heterocycles. The average Bonchev–Trinajstić information content (AvgIpc) is 2.94. The number of aromatic nitrogens is 1. The number of hydrogen-bond acceptors (Lipinski definition) is 6. The molecule has 0 fully saturated rings. The first kappa shape index (κ1) is 17.3. The van der Waals surface area contributed by atoms with Gasteiger partial charge in [-0.25, -0.2) is 0 Å². The minimum absolute atomic E-state index is 0.00144. The van der Waals surface area contributed by atoms with Crippen LogP contribution in [-0.2, 0) is 4.79 Å². The lowest BCUT2D eigenvalue weighted by atomic mass is 10.0. The monoisotopic (exact) mass is 330 g/mol. The first-order valence-electron chi connectivity index (χ1n) is 7.25. The molecular weight excluding hydrogens is 312 g/mol. The SMILES string of the molecule is C=C(C(=O)c1oc(NC(=O)CC)nc1C)c1ccc(O)c(OC)c1. The van der Waals surface area contributed by atoms with Crippen LogP contribution in [0.25, 0.3) is 5.57 Å². The summed E-state index contributed by atoms with van der Waals surface area (Å²) in [6, 6.07) is 4.43. The number of nitrogens with zero attached hydrogens (tertiary/aromatic N) is 1. The number of phenols is 1. The molecule has 1 heterocycles. The van der Waals surface area contributed by atoms with Crippen molar-refractivity contribution in [2.75, 3.05) is 12.4 Å². The van der Waals surface area contributed by atoms with Crippen molar-refractivity contribution in [2.45, 2.75) is 20.3 Å². The van der Waals surface area contributed by atoms with Crippen molar-refractivity contribution < 1.29 is 23.8 Å². The number of methoxy groups -OCH3 is 1. The molecule has 24 heavy (non-hydrogen) atoms. The van der Waals surface area contributed by atoms with E-state index in [0.717, 1.165) is 0 Å². The van der Waals surface area contributed by atoms with E-state index in [-0.39, 0.29) is 41.2 Å². The smallest absolute Gasteiger partial charge is 0.302 e. The number of oxazole rings is 1. The number of phenolic OH excluding ortho intramolecular Hbond substituents is 1. The normalized spacial score (nSPS) is 10.3. The van der Waals surface area contributed by atoms with Gasteiger partial charge in [0.25, 0.3) is 0 Å². The quantitative estimate of drug-likeness (QED) is 0.624. The molecule has 1 aromatic heterocycles. The zero-order valence-corrected chi connectivity index (χ0v) is 13.7. The molecule has 0 bridgehead atoms. The molecule has 126 valence electrons. The van der Waals surface area contributed by atoms with E-state index in [0.29, 0.717) is 11.3 Å². The number of carbonyl (C=O) groups excluding carboxylic acids is 2. The summed E-state index contributed by atoms with van der Waals surface area (Å²) in [6.07, 6.45) is 0.269. The summed E-state index contributed by atoms with van der Waals surface area (Å²) in [5, 5.41) is 12.1. The molecular formula is C17H18N2O5. The Morgan fingerprint density at radius 1 is 1.42 bits per heavy atom. The van der Waals surface area contributed by atoms with Crippen molar-refractivity contribution in [2.24, 2.45) is 0 Å². The highest BCUT2D eigenvalue weighted by Gasteiger charge is 2.22. The van der Waals surface area contributed by atoms with Crippen molar-refractivity contribution >= 4 is 23.3 Å². The number of aromatic hydroxyl groups is 1. The largest absolute Gasteiger partial charge is 0.504 e. The van der Waals surface area contributed by atoms with Gasteiger partial charge < -0.3 is 14.3 Å². The Hall–Kier alpha value is -3.09. The molecule has 0 saturated carbocycles. The highest BCUT2D eigenvalue weighted by atomic mass is 16.5. The lowest BCUT2D eigenvalue weighted by Gasteiger charge is -2.07. The average molecular weight is 330 g/mol. The maximum absolute atomic E-state index is 12.6. The highest BCUT2D eigenvalue weighted by Crippen LogP contribution is 2.30. The minimum atomic E-state index is -0.468. The number of rotatable bonds is 6. The number of hydrogen-bond donors (Lipinski definition) is 2. The number of benzene rings is 1. The lowest BCUT2D eigenvalue weighted by molar-refractivity contribution is -0.116. The van der Waals surface area contributed by atoms with E-state index < -0.39 is 5.78 Å². The molecule has 0 unspecified atom stereocenters. The first-order valence-corrected chi connectivity index (χ1v) is 7.25. The van der Waals surface area contributed by atoms with Gasteiger partial charge in [-0.05, 0) is 24.6 Å². The third-order valence-corrected chi connectivity index (χ3v) is 3.37. The van der Waals surface area contributed by atoms with Gasteiger partial charge in [0.1, 0.15) is 0 Å². The molecule has 1 aromatic carbocycles. The van der Waals surface area contributed by atoms with Crippen molar-refractivity contribution in [3.05, 3.63) is 41.8 Å². The first-order chi connectivity index (χ1) is 11.4. The van der Waals surface area contributed by atoms with E-state index in [1.807, 2.05) is 0 Å². The molecule has 2 aromatic rings. The zero-order valence-electron chi connectivity index (χ0n) is 13.7. The van der Waals surface area contributed by atoms with Crippen LogP contribution in [0.5, 0.6) is 11.5 Å². The van der Waals surface area contributed by atoms with E-state index in [1.54, 1.807) is 19.9 Å². The Labute approximate surface area is 139 Å². The molecule has 7 heteroatoms. The molecule has 1 amide bonds. The van der Waals surface area contributed by atoms with Gasteiger partial charge >= 0.3 is 6.01 Å². The fourth-order valence-electron chi connectivity index (χ4n) is 2.00. The second-order valence-electron chi connectivity index (χ2n) is 5.03. The van der Waals surface area contributed by atoms with Crippen LogP contribution >= 0.6 is 0 Å². The van der Waals surface area contributed by atoms with Gasteiger partial charge in [-0.1, -0.05) is 19.6 Å². The molecule has 0 atom stereocenters. The van der Waals surface area contributed by atoms with Crippen LogP contribution in [-0.4, -0.2) is 28.9 Å². The number of nitrogens with one attached hydrogen (secondary N) is 1. The third-order valence-electron chi connectivity index (χ3n) is 3.37. The fraction of sp³-hybridized carbons (Fsp3) is 0.235. The number of anilines is 1. The number of ether oxygens (including phenoxy) is 1. The second-order valence-corrected chi connectivity index (χ2v) is 5.03. The summed E-state index contributed by atoms with van der Waals surface area (Å²) in [4.78, 5) is 28.0. The van der Waals surface area contributed by atoms with Crippen molar-refractivity contribution in [3.8, 4) is 11.5 Å². The number of ketones is 1. The fourth-order valence-corrected chi connectivity index (χ4v) is 2.00. The van der Waals surface area contributed by atoms with E-state index in [1.165, 1.54) is 19.2 Å². The number of amides is 1. The third kappa shape index (κ3) is 3.45. The molecule has 2 N–H and O–H groups in total. The standard InChI is InChI=1S/C17H18N2O5/c1-5-14(21)19-17-18-10(3)16(24-17)15(22)9(2)11-6-7-12(20)13(8-11)23-4/h6-8,20H,2,5H2,1,3-4H3,(H,18,19,21). The van der Waals surface area contributed by atoms with Gasteiger partial charge in [-0.3, -0.25) is 14.9 Å². The Kier molecular flexibility index (Phi) is 5.03. The topological polar surface area (TPSA) is 102 Å². The lowest BCUT2D eigenvalue weighted by Crippen LogP contribution is -2.09. The number of allylic oxidation sites excluding steroid dienone is 1. The Bertz CT molecular complexity index is 807. The Balaban J connectivity index is 2.28. The van der Waals surface area contributed by atoms with Crippen molar-refractivity contribution in [1.29, 1.82) is 0 Å². The van der Waals surface area contributed by atoms with Gasteiger partial charge in [-0.15, -0.1) is 0 Å². The van der Waals surface area contributed by atoms with Gasteiger partial charge in [0.05, 0.1) is 12.8 Å². The van der Waals surface area contributed by atoms with Crippen LogP contribution in [0.4, 0.5) is 6.01 Å². The van der Waals surface area contributed by atoms with Crippen LogP contribution in [0.1, 0.15) is 35.2 Å². The molecule has 7 nitrogen and oxygen atoms in total. The highest BCUT2D eigenvalue weighted by molar-refractivity contribution is 6.27. The molecule has 0 aliphatic carbocycles. The van der Waals surface area contributed by atoms with Gasteiger partial charge in [-0.2, -0.15) is 4.98 Å².